The average molecular weight is 372 g/mol. The molecule has 5 nitrogen and oxygen atoms in total. The Morgan fingerprint density at radius 1 is 1.17 bits per heavy atom. The van der Waals surface area contributed by atoms with Crippen molar-refractivity contribution >= 4 is 23.9 Å². The van der Waals surface area contributed by atoms with Crippen LogP contribution in [0.25, 0.3) is 0 Å². The van der Waals surface area contributed by atoms with Gasteiger partial charge in [-0.3, -0.25) is 5.14 Å². The minimum Gasteiger partial charge on any atom is -0.379 e. The van der Waals surface area contributed by atoms with Gasteiger partial charge in [0.25, 0.3) is 0 Å². The number of nitrogens with zero attached hydrogens (tertiary/aromatic N) is 2. The zero-order valence-corrected chi connectivity index (χ0v) is 13.6. The van der Waals surface area contributed by atoms with E-state index in [9.17, 15) is 17.6 Å². The molecule has 4 N–H and O–H groups in total. The maximum atomic E-state index is 12.6. The molecule has 0 bridgehead atoms. The van der Waals surface area contributed by atoms with Gasteiger partial charge in [-0.25, -0.2) is 8.70 Å². The molecular formula is C12H16F4N4OS2. The average Bonchev–Trinajstić information content (AvgIpc) is 2.51. The summed E-state index contributed by atoms with van der Waals surface area (Å²) in [5.74, 6) is -0.184. The first-order valence-electron chi connectivity index (χ1n) is 6.13. The van der Waals surface area contributed by atoms with Gasteiger partial charge in [-0.15, -0.1) is 0 Å². The van der Waals surface area contributed by atoms with E-state index < -0.39 is 17.5 Å². The lowest BCUT2D eigenvalue weighted by molar-refractivity contribution is -0.0328. The number of hydrogen-bond donors (Lipinski definition) is 2. The lowest BCUT2D eigenvalue weighted by Crippen LogP contribution is -2.30. The van der Waals surface area contributed by atoms with Crippen LogP contribution in [0.15, 0.2) is 29.2 Å². The van der Waals surface area contributed by atoms with E-state index in [4.69, 9.17) is 10.00 Å². The van der Waals surface area contributed by atoms with Gasteiger partial charge in [-0.2, -0.15) is 18.4 Å². The Balaban J connectivity index is 0.000000453. The lowest BCUT2D eigenvalue weighted by atomic mass is 10.4. The Bertz CT molecular complexity index is 462. The molecule has 0 amide bonds. The maximum absolute atomic E-state index is 12.6. The van der Waals surface area contributed by atoms with Gasteiger partial charge in [0.05, 0.1) is 13.2 Å². The molecule has 0 spiro atoms. The fourth-order valence-corrected chi connectivity index (χ4v) is 2.17. The molecule has 1 aliphatic rings. The van der Waals surface area contributed by atoms with Gasteiger partial charge in [0.2, 0.25) is 0 Å². The fraction of sp³-hybridized carbons (Fsp3) is 0.417. The minimum atomic E-state index is -4.26. The maximum Gasteiger partial charge on any atom is 0.455 e. The van der Waals surface area contributed by atoms with Crippen molar-refractivity contribution in [3.63, 3.8) is 0 Å². The number of hydrogen-bond acceptors (Lipinski definition) is 7. The molecule has 0 aliphatic carbocycles. The molecule has 130 valence electrons. The quantitative estimate of drug-likeness (QED) is 0.357. The smallest absolute Gasteiger partial charge is 0.379 e. The monoisotopic (exact) mass is 372 g/mol. The molecule has 1 saturated heterocycles. The van der Waals surface area contributed by atoms with Crippen molar-refractivity contribution in [2.24, 2.45) is 10.9 Å². The largest absolute Gasteiger partial charge is 0.455 e. The van der Waals surface area contributed by atoms with Crippen LogP contribution in [0.5, 0.6) is 0 Å². The van der Waals surface area contributed by atoms with Gasteiger partial charge < -0.3 is 10.5 Å². The molecule has 1 aromatic carbocycles. The van der Waals surface area contributed by atoms with Crippen LogP contribution in [0.3, 0.4) is 0 Å². The van der Waals surface area contributed by atoms with Gasteiger partial charge in [-0.05, 0) is 36.2 Å². The first-order valence-corrected chi connectivity index (χ1v) is 7.78. The van der Waals surface area contributed by atoms with Gasteiger partial charge >= 0.3 is 5.51 Å². The summed E-state index contributed by atoms with van der Waals surface area (Å²) >= 11 is 1.04. The first kappa shape index (κ1) is 21.8. The summed E-state index contributed by atoms with van der Waals surface area (Å²) in [5, 5.41) is 11.2. The molecule has 0 saturated carbocycles. The van der Waals surface area contributed by atoms with E-state index in [0.717, 1.165) is 31.2 Å². The fourth-order valence-electron chi connectivity index (χ4n) is 1.28. The van der Waals surface area contributed by atoms with E-state index in [-0.39, 0.29) is 5.82 Å². The van der Waals surface area contributed by atoms with Crippen molar-refractivity contribution in [1.29, 1.82) is 5.26 Å². The molecule has 0 radical (unpaired) electrons. The van der Waals surface area contributed by atoms with Gasteiger partial charge in [0.1, 0.15) is 5.82 Å². The highest BCUT2D eigenvalue weighted by Gasteiger charge is 2.25. The molecule has 1 fully saturated rings. The number of benzene rings is 1. The van der Waals surface area contributed by atoms with E-state index in [1.807, 2.05) is 0 Å². The van der Waals surface area contributed by atoms with Gasteiger partial charge in [-0.1, -0.05) is 0 Å². The number of morpholine rings is 1. The molecule has 0 unspecified atom stereocenters. The van der Waals surface area contributed by atoms with Crippen LogP contribution in [-0.4, -0.2) is 36.1 Å². The second kappa shape index (κ2) is 12.3. The second-order valence-electron chi connectivity index (χ2n) is 3.78. The number of ether oxygens (including phenoxy) is 1. The number of rotatable bonds is 2. The van der Waals surface area contributed by atoms with E-state index >= 15 is 0 Å². The van der Waals surface area contributed by atoms with Crippen molar-refractivity contribution in [3.05, 3.63) is 30.1 Å². The van der Waals surface area contributed by atoms with Crippen LogP contribution in [0.2, 0.25) is 0 Å². The molecule has 0 atom stereocenters. The van der Waals surface area contributed by atoms with E-state index in [1.165, 1.54) is 18.3 Å². The summed E-state index contributed by atoms with van der Waals surface area (Å²) in [6.07, 6.45) is 1.25. The van der Waals surface area contributed by atoms with Crippen molar-refractivity contribution in [1.82, 2.24) is 4.31 Å². The number of alkyl halides is 3. The minimum absolute atomic E-state index is 0.184. The normalized spacial score (nSPS) is 14.6. The van der Waals surface area contributed by atoms with Gasteiger partial charge in [0, 0.05) is 29.9 Å². The van der Waals surface area contributed by atoms with Gasteiger partial charge in [0.15, 0.2) is 6.19 Å². The van der Waals surface area contributed by atoms with Crippen molar-refractivity contribution < 1.29 is 22.3 Å². The SMILES string of the molecule is Fc1ccc(SN2CCOCC2)cc1.N#CN.NSC(F)(F)F. The zero-order valence-electron chi connectivity index (χ0n) is 11.9. The van der Waals surface area contributed by atoms with Crippen molar-refractivity contribution in [2.75, 3.05) is 26.3 Å². The van der Waals surface area contributed by atoms with E-state index in [0.29, 0.717) is 0 Å². The molecule has 0 aromatic heterocycles. The standard InChI is InChI=1S/C10H12FNOS.CH2F3NS.CH2N2/c11-9-1-3-10(4-2-9)14-12-5-7-13-8-6-12;2-1(3,4)6-5;2-1-3/h1-4H,5-8H2;5H2;2H2. The highest BCUT2D eigenvalue weighted by molar-refractivity contribution is 7.97. The molecule has 1 heterocycles. The molecular weight excluding hydrogens is 356 g/mol. The van der Waals surface area contributed by atoms with Crippen molar-refractivity contribution in [2.45, 2.75) is 10.4 Å². The molecule has 11 heteroatoms. The Morgan fingerprint density at radius 2 is 1.61 bits per heavy atom. The van der Waals surface area contributed by atoms with Crippen LogP contribution < -0.4 is 10.9 Å². The van der Waals surface area contributed by atoms with Crippen LogP contribution in [0.1, 0.15) is 0 Å². The molecule has 1 aliphatic heterocycles. The first-order chi connectivity index (χ1) is 10.8. The Hall–Kier alpha value is -1.19. The third kappa shape index (κ3) is 13.0. The summed E-state index contributed by atoms with van der Waals surface area (Å²) in [5.41, 5.74) is -0.111. The van der Waals surface area contributed by atoms with E-state index in [1.54, 1.807) is 24.1 Å². The predicted octanol–water partition coefficient (Wildman–Crippen LogP) is 2.70. The Morgan fingerprint density at radius 3 is 2.00 bits per heavy atom. The third-order valence-corrected chi connectivity index (χ3v) is 3.53. The molecule has 23 heavy (non-hydrogen) atoms. The highest BCUT2D eigenvalue weighted by Crippen LogP contribution is 2.24. The predicted molar refractivity (Wildman–Crippen MR) is 82.3 cm³/mol. The third-order valence-electron chi connectivity index (χ3n) is 2.15. The number of nitrogens with two attached hydrogens (primary N) is 2. The summed E-state index contributed by atoms with van der Waals surface area (Å²) in [6, 6.07) is 6.58. The number of halogens is 4. The second-order valence-corrected chi connectivity index (χ2v) is 5.65. The lowest BCUT2D eigenvalue weighted by Gasteiger charge is -2.25. The Kier molecular flexibility index (Phi) is 11.6. The summed E-state index contributed by atoms with van der Waals surface area (Å²) < 4.78 is 52.0. The van der Waals surface area contributed by atoms with Crippen LogP contribution in [0.4, 0.5) is 17.6 Å². The topological polar surface area (TPSA) is 88.3 Å². The highest BCUT2D eigenvalue weighted by atomic mass is 32.2. The summed E-state index contributed by atoms with van der Waals surface area (Å²) in [6.45, 7) is 3.44. The Labute approximate surface area is 140 Å². The summed E-state index contributed by atoms with van der Waals surface area (Å²) in [7, 11) is 0. The van der Waals surface area contributed by atoms with Crippen LogP contribution in [0, 0.1) is 17.3 Å². The summed E-state index contributed by atoms with van der Waals surface area (Å²) in [4.78, 5) is 1.08. The number of nitriles is 1. The molecule has 1 aromatic rings. The van der Waals surface area contributed by atoms with Crippen LogP contribution in [-0.2, 0) is 4.74 Å². The van der Waals surface area contributed by atoms with E-state index in [2.05, 4.69) is 15.2 Å². The van der Waals surface area contributed by atoms with Crippen LogP contribution >= 0.6 is 23.9 Å². The van der Waals surface area contributed by atoms with Crippen molar-refractivity contribution in [3.8, 4) is 6.19 Å². The molecule has 2 rings (SSSR count). The zero-order chi connectivity index (χ0) is 17.7.